The van der Waals surface area contributed by atoms with Gasteiger partial charge in [-0.05, 0) is 31.5 Å². The van der Waals surface area contributed by atoms with E-state index in [4.69, 9.17) is 0 Å². The molecular weight excluding hydrogens is 250 g/mol. The standard InChI is InChI=1S/C13H11NO5/c1-6-3-4-9(16)8(5-6)14-12(18)10(7(2)15)11(17)13(14)19/h3-5,10,16H,1-2H3. The van der Waals surface area contributed by atoms with E-state index in [1.54, 1.807) is 13.0 Å². The van der Waals surface area contributed by atoms with Crippen molar-refractivity contribution < 1.29 is 24.3 Å². The summed E-state index contributed by atoms with van der Waals surface area (Å²) >= 11 is 0. The quantitative estimate of drug-likeness (QED) is 0.471. The van der Waals surface area contributed by atoms with Gasteiger partial charge in [-0.15, -0.1) is 0 Å². The van der Waals surface area contributed by atoms with Gasteiger partial charge in [0.2, 0.25) is 5.78 Å². The van der Waals surface area contributed by atoms with Gasteiger partial charge >= 0.3 is 5.91 Å². The maximum atomic E-state index is 12.0. The van der Waals surface area contributed by atoms with E-state index in [1.165, 1.54) is 12.1 Å². The van der Waals surface area contributed by atoms with Gasteiger partial charge in [0.05, 0.1) is 5.69 Å². The topological polar surface area (TPSA) is 91.8 Å². The Kier molecular flexibility index (Phi) is 2.94. The number of aryl methyl sites for hydroxylation is 1. The van der Waals surface area contributed by atoms with Crippen LogP contribution in [-0.2, 0) is 19.2 Å². The molecule has 0 aliphatic carbocycles. The van der Waals surface area contributed by atoms with Gasteiger partial charge in [0.1, 0.15) is 11.5 Å². The zero-order valence-corrected chi connectivity index (χ0v) is 10.3. The summed E-state index contributed by atoms with van der Waals surface area (Å²) in [5.41, 5.74) is 0.624. The van der Waals surface area contributed by atoms with Crippen LogP contribution in [0.25, 0.3) is 0 Å². The van der Waals surface area contributed by atoms with Crippen LogP contribution >= 0.6 is 0 Å². The van der Waals surface area contributed by atoms with Crippen LogP contribution in [0.4, 0.5) is 5.69 Å². The third kappa shape index (κ3) is 1.91. The lowest BCUT2D eigenvalue weighted by Crippen LogP contribution is -2.32. The zero-order valence-electron chi connectivity index (χ0n) is 10.3. The number of ketones is 2. The highest BCUT2D eigenvalue weighted by Gasteiger charge is 2.50. The first-order chi connectivity index (χ1) is 8.84. The van der Waals surface area contributed by atoms with Crippen molar-refractivity contribution in [2.45, 2.75) is 13.8 Å². The number of carbonyl (C=O) groups excluding carboxylic acids is 4. The van der Waals surface area contributed by atoms with E-state index < -0.39 is 29.3 Å². The maximum Gasteiger partial charge on any atom is 0.302 e. The van der Waals surface area contributed by atoms with E-state index in [9.17, 15) is 24.3 Å². The molecule has 98 valence electrons. The summed E-state index contributed by atoms with van der Waals surface area (Å²) in [7, 11) is 0. The molecule has 0 aromatic heterocycles. The second kappa shape index (κ2) is 4.31. The van der Waals surface area contributed by atoms with Crippen LogP contribution in [0.15, 0.2) is 18.2 Å². The van der Waals surface area contributed by atoms with Crippen molar-refractivity contribution in [1.82, 2.24) is 0 Å². The number of amides is 2. The molecule has 1 N–H and O–H groups in total. The Labute approximate surface area is 108 Å². The van der Waals surface area contributed by atoms with Gasteiger partial charge in [0.25, 0.3) is 5.91 Å². The number of hydrogen-bond donors (Lipinski definition) is 1. The minimum atomic E-state index is -1.59. The number of imide groups is 1. The molecule has 0 radical (unpaired) electrons. The molecule has 0 bridgehead atoms. The molecule has 1 heterocycles. The molecule has 1 aliphatic rings. The Balaban J connectivity index is 2.54. The average Bonchev–Trinajstić information content (AvgIpc) is 2.54. The first-order valence-electron chi connectivity index (χ1n) is 5.56. The van der Waals surface area contributed by atoms with Crippen LogP contribution in [0.1, 0.15) is 12.5 Å². The predicted octanol–water partition coefficient (Wildman–Crippen LogP) is 0.348. The fourth-order valence-electron chi connectivity index (χ4n) is 1.97. The van der Waals surface area contributed by atoms with Crippen LogP contribution in [0, 0.1) is 12.8 Å². The summed E-state index contributed by atoms with van der Waals surface area (Å²) < 4.78 is 0. The summed E-state index contributed by atoms with van der Waals surface area (Å²) in [5, 5.41) is 9.70. The molecule has 2 rings (SSSR count). The van der Waals surface area contributed by atoms with Crippen molar-refractivity contribution >= 4 is 29.1 Å². The largest absolute Gasteiger partial charge is 0.506 e. The number of Topliss-reactive ketones (excluding diaryl/α,β-unsaturated/α-hetero) is 2. The van der Waals surface area contributed by atoms with Gasteiger partial charge in [-0.25, -0.2) is 4.90 Å². The van der Waals surface area contributed by atoms with Crippen LogP contribution in [0.2, 0.25) is 0 Å². The van der Waals surface area contributed by atoms with E-state index in [0.29, 0.717) is 10.5 Å². The van der Waals surface area contributed by atoms with Crippen LogP contribution in [-0.4, -0.2) is 28.5 Å². The first-order valence-corrected chi connectivity index (χ1v) is 5.56. The highest BCUT2D eigenvalue weighted by Crippen LogP contribution is 2.32. The Hall–Kier alpha value is -2.50. The molecule has 1 aromatic rings. The maximum absolute atomic E-state index is 12.0. The molecule has 0 spiro atoms. The third-order valence-corrected chi connectivity index (χ3v) is 2.92. The van der Waals surface area contributed by atoms with Crippen molar-refractivity contribution in [1.29, 1.82) is 0 Å². The van der Waals surface area contributed by atoms with Crippen molar-refractivity contribution in [2.24, 2.45) is 5.92 Å². The highest BCUT2D eigenvalue weighted by molar-refractivity contribution is 6.59. The lowest BCUT2D eigenvalue weighted by Gasteiger charge is -2.15. The Morgan fingerprint density at radius 2 is 1.89 bits per heavy atom. The second-order valence-corrected chi connectivity index (χ2v) is 4.38. The summed E-state index contributed by atoms with van der Waals surface area (Å²) in [6, 6.07) is 4.31. The average molecular weight is 261 g/mol. The van der Waals surface area contributed by atoms with Crippen molar-refractivity contribution in [3.8, 4) is 5.75 Å². The summed E-state index contributed by atoms with van der Waals surface area (Å²) in [6.07, 6.45) is 0. The molecule has 6 nitrogen and oxygen atoms in total. The van der Waals surface area contributed by atoms with E-state index in [1.807, 2.05) is 0 Å². The molecule has 19 heavy (non-hydrogen) atoms. The predicted molar refractivity (Wildman–Crippen MR) is 64.5 cm³/mol. The zero-order chi connectivity index (χ0) is 14.3. The number of phenols is 1. The third-order valence-electron chi connectivity index (χ3n) is 2.92. The van der Waals surface area contributed by atoms with Gasteiger partial charge in [0, 0.05) is 0 Å². The van der Waals surface area contributed by atoms with Crippen LogP contribution in [0.5, 0.6) is 5.75 Å². The number of hydrogen-bond acceptors (Lipinski definition) is 5. The smallest absolute Gasteiger partial charge is 0.302 e. The number of rotatable bonds is 2. The highest BCUT2D eigenvalue weighted by atomic mass is 16.3. The van der Waals surface area contributed by atoms with E-state index >= 15 is 0 Å². The Morgan fingerprint density at radius 1 is 1.26 bits per heavy atom. The van der Waals surface area contributed by atoms with Crippen LogP contribution < -0.4 is 4.90 Å². The van der Waals surface area contributed by atoms with E-state index in [0.717, 1.165) is 6.92 Å². The SMILES string of the molecule is CC(=O)C1C(=O)C(=O)N(c2cc(C)ccc2O)C1=O. The van der Waals surface area contributed by atoms with Crippen molar-refractivity contribution in [3.63, 3.8) is 0 Å². The number of benzene rings is 1. The summed E-state index contributed by atoms with van der Waals surface area (Å²) in [6.45, 7) is 2.78. The first kappa shape index (κ1) is 12.9. The lowest BCUT2D eigenvalue weighted by atomic mass is 10.0. The number of anilines is 1. The molecule has 0 saturated carbocycles. The molecule has 1 fully saturated rings. The monoisotopic (exact) mass is 261 g/mol. The summed E-state index contributed by atoms with van der Waals surface area (Å²) in [4.78, 5) is 47.2. The molecule has 1 atom stereocenters. The number of phenolic OH excluding ortho intramolecular Hbond substituents is 1. The van der Waals surface area contributed by atoms with Gasteiger partial charge < -0.3 is 5.11 Å². The van der Waals surface area contributed by atoms with Gasteiger partial charge in [-0.3, -0.25) is 19.2 Å². The van der Waals surface area contributed by atoms with E-state index in [-0.39, 0.29) is 11.4 Å². The lowest BCUT2D eigenvalue weighted by molar-refractivity contribution is -0.139. The number of carbonyl (C=O) groups is 4. The van der Waals surface area contributed by atoms with Crippen molar-refractivity contribution in [3.05, 3.63) is 23.8 Å². The van der Waals surface area contributed by atoms with Gasteiger partial charge in [0.15, 0.2) is 5.92 Å². The van der Waals surface area contributed by atoms with Crippen LogP contribution in [0.3, 0.4) is 0 Å². The normalized spacial score (nSPS) is 19.2. The Morgan fingerprint density at radius 3 is 2.42 bits per heavy atom. The molecule has 1 aromatic carbocycles. The molecule has 6 heteroatoms. The number of aromatic hydroxyl groups is 1. The van der Waals surface area contributed by atoms with E-state index in [2.05, 4.69) is 0 Å². The fraction of sp³-hybridized carbons (Fsp3) is 0.231. The van der Waals surface area contributed by atoms with Crippen molar-refractivity contribution in [2.75, 3.05) is 4.90 Å². The molecule has 1 aliphatic heterocycles. The van der Waals surface area contributed by atoms with Gasteiger partial charge in [-0.1, -0.05) is 6.07 Å². The molecule has 1 unspecified atom stereocenters. The molecule has 2 amide bonds. The fourth-order valence-corrected chi connectivity index (χ4v) is 1.97. The molecule has 1 saturated heterocycles. The number of nitrogens with zero attached hydrogens (tertiary/aromatic N) is 1. The van der Waals surface area contributed by atoms with Gasteiger partial charge in [-0.2, -0.15) is 0 Å². The minimum absolute atomic E-state index is 0.0768. The Bertz CT molecular complexity index is 619. The minimum Gasteiger partial charge on any atom is -0.506 e. The second-order valence-electron chi connectivity index (χ2n) is 4.38. The molecular formula is C13H11NO5. The summed E-state index contributed by atoms with van der Waals surface area (Å²) in [5.74, 6) is -5.64.